The van der Waals surface area contributed by atoms with E-state index in [2.05, 4.69) is 15.0 Å². The summed E-state index contributed by atoms with van der Waals surface area (Å²) in [5.41, 5.74) is -0.433. The highest BCUT2D eigenvalue weighted by molar-refractivity contribution is 5.79. The maximum Gasteiger partial charge on any atom is 0.433 e. The van der Waals surface area contributed by atoms with Crippen LogP contribution in [0.1, 0.15) is 31.2 Å². The Bertz CT molecular complexity index is 798. The second-order valence-corrected chi connectivity index (χ2v) is 5.23. The maximum atomic E-state index is 13.2. The summed E-state index contributed by atoms with van der Waals surface area (Å²) in [4.78, 5) is 21.9. The van der Waals surface area contributed by atoms with Crippen molar-refractivity contribution in [2.45, 2.75) is 25.9 Å². The molecule has 0 aliphatic heterocycles. The molecule has 8 heteroatoms. The minimum absolute atomic E-state index is 0.0567. The van der Waals surface area contributed by atoms with Gasteiger partial charge in [-0.05, 0) is 23.6 Å². The number of hydrogen-bond donors (Lipinski definition) is 0. The molecule has 2 heterocycles. The van der Waals surface area contributed by atoms with Crippen LogP contribution in [0.25, 0.3) is 11.1 Å². The minimum Gasteiger partial charge on any atom is -0.481 e. The molecule has 0 aliphatic carbocycles. The van der Waals surface area contributed by atoms with Crippen LogP contribution in [0.4, 0.5) is 18.9 Å². The highest BCUT2D eigenvalue weighted by atomic mass is 19.4. The van der Waals surface area contributed by atoms with Crippen molar-refractivity contribution in [1.29, 1.82) is 0 Å². The van der Waals surface area contributed by atoms with Gasteiger partial charge in [-0.2, -0.15) is 18.2 Å². The summed E-state index contributed by atoms with van der Waals surface area (Å²) in [5.74, 6) is -0.146. The summed E-state index contributed by atoms with van der Waals surface area (Å²) >= 11 is 0. The molecule has 0 amide bonds. The molecule has 0 bridgehead atoms. The molecular weight excluding hydrogens is 323 g/mol. The zero-order valence-corrected chi connectivity index (χ0v) is 13.2. The van der Waals surface area contributed by atoms with Gasteiger partial charge in [-0.1, -0.05) is 13.8 Å². The second kappa shape index (κ2) is 6.80. The van der Waals surface area contributed by atoms with Gasteiger partial charge in [-0.25, -0.2) is 14.8 Å². The molecule has 0 fully saturated rings. The van der Waals surface area contributed by atoms with E-state index in [0.717, 1.165) is 6.07 Å². The highest BCUT2D eigenvalue weighted by Gasteiger charge is 2.34. The van der Waals surface area contributed by atoms with Gasteiger partial charge in [-0.15, -0.1) is 0 Å². The van der Waals surface area contributed by atoms with Gasteiger partial charge in [0.15, 0.2) is 0 Å². The second-order valence-electron chi connectivity index (χ2n) is 5.23. The fourth-order valence-electron chi connectivity index (χ4n) is 2.18. The van der Waals surface area contributed by atoms with Gasteiger partial charge in [0.2, 0.25) is 12.0 Å². The topological polar surface area (TPSA) is 64.4 Å². The van der Waals surface area contributed by atoms with Gasteiger partial charge in [0.25, 0.3) is 0 Å². The normalized spacial score (nSPS) is 11.3. The fourth-order valence-corrected chi connectivity index (χ4v) is 2.18. The Hall–Kier alpha value is -2.73. The van der Waals surface area contributed by atoms with Gasteiger partial charge >= 0.3 is 6.18 Å². The highest BCUT2D eigenvalue weighted by Crippen LogP contribution is 2.40. The third kappa shape index (κ3) is 3.60. The summed E-state index contributed by atoms with van der Waals surface area (Å²) < 4.78 is 44.5. The molecule has 126 valence electrons. The van der Waals surface area contributed by atoms with E-state index < -0.39 is 11.9 Å². The van der Waals surface area contributed by atoms with Crippen LogP contribution in [0.3, 0.4) is 0 Å². The summed E-state index contributed by atoms with van der Waals surface area (Å²) in [6, 6.07) is 3.83. The van der Waals surface area contributed by atoms with Crippen LogP contribution in [-0.4, -0.2) is 23.2 Å². The molecule has 0 unspecified atom stereocenters. The fraction of sp³-hybridized carbons (Fsp3) is 0.312. The third-order valence-corrected chi connectivity index (χ3v) is 3.27. The number of rotatable bonds is 4. The van der Waals surface area contributed by atoms with Crippen molar-refractivity contribution in [2.24, 2.45) is 4.99 Å². The maximum absolute atomic E-state index is 13.2. The number of aromatic nitrogens is 2. The van der Waals surface area contributed by atoms with Gasteiger partial charge in [-0.3, -0.25) is 0 Å². The first-order chi connectivity index (χ1) is 11.3. The molecule has 0 N–H and O–H groups in total. The van der Waals surface area contributed by atoms with E-state index in [0.29, 0.717) is 5.56 Å². The number of hydrogen-bond acceptors (Lipinski definition) is 5. The van der Waals surface area contributed by atoms with E-state index in [4.69, 9.17) is 4.74 Å². The average Bonchev–Trinajstić information content (AvgIpc) is 2.54. The number of nitrogens with zero attached hydrogens (tertiary/aromatic N) is 3. The molecule has 5 nitrogen and oxygen atoms in total. The summed E-state index contributed by atoms with van der Waals surface area (Å²) in [7, 11) is 1.39. The first-order valence-corrected chi connectivity index (χ1v) is 6.98. The SMILES string of the molecule is COc1cc(-c2cc(C(F)(F)F)nc(C(C)C)c2N=C=O)ccn1. The first-order valence-electron chi connectivity index (χ1n) is 6.98. The van der Waals surface area contributed by atoms with Crippen LogP contribution in [0.15, 0.2) is 29.4 Å². The smallest absolute Gasteiger partial charge is 0.433 e. The van der Waals surface area contributed by atoms with Crippen LogP contribution >= 0.6 is 0 Å². The van der Waals surface area contributed by atoms with E-state index in [1.54, 1.807) is 13.8 Å². The van der Waals surface area contributed by atoms with E-state index in [1.807, 2.05) is 0 Å². The van der Waals surface area contributed by atoms with Crippen molar-refractivity contribution in [3.8, 4) is 17.0 Å². The average molecular weight is 337 g/mol. The number of halogens is 3. The molecule has 0 spiro atoms. The van der Waals surface area contributed by atoms with Crippen LogP contribution < -0.4 is 4.74 Å². The van der Waals surface area contributed by atoms with Gasteiger partial charge in [0, 0.05) is 17.8 Å². The number of methoxy groups -OCH3 is 1. The Labute approximate surface area is 136 Å². The van der Waals surface area contributed by atoms with E-state index >= 15 is 0 Å². The van der Waals surface area contributed by atoms with Gasteiger partial charge < -0.3 is 4.74 Å². The van der Waals surface area contributed by atoms with E-state index in [1.165, 1.54) is 31.5 Å². The Kier molecular flexibility index (Phi) is 4.99. The van der Waals surface area contributed by atoms with Crippen LogP contribution in [0.5, 0.6) is 5.88 Å². The van der Waals surface area contributed by atoms with E-state index in [-0.39, 0.29) is 28.7 Å². The Morgan fingerprint density at radius 1 is 1.29 bits per heavy atom. The predicted molar refractivity (Wildman–Crippen MR) is 80.9 cm³/mol. The Morgan fingerprint density at radius 3 is 2.54 bits per heavy atom. The van der Waals surface area contributed by atoms with Crippen molar-refractivity contribution < 1.29 is 22.7 Å². The van der Waals surface area contributed by atoms with Crippen LogP contribution in [0.2, 0.25) is 0 Å². The summed E-state index contributed by atoms with van der Waals surface area (Å²) in [5, 5.41) is 0. The van der Waals surface area contributed by atoms with Crippen molar-refractivity contribution in [1.82, 2.24) is 9.97 Å². The molecule has 0 saturated carbocycles. The van der Waals surface area contributed by atoms with Crippen molar-refractivity contribution in [3.63, 3.8) is 0 Å². The molecule has 24 heavy (non-hydrogen) atoms. The first kappa shape index (κ1) is 17.6. The van der Waals surface area contributed by atoms with Crippen molar-refractivity contribution >= 4 is 11.8 Å². The third-order valence-electron chi connectivity index (χ3n) is 3.27. The van der Waals surface area contributed by atoms with Crippen molar-refractivity contribution in [3.05, 3.63) is 35.8 Å². The quantitative estimate of drug-likeness (QED) is 0.617. The monoisotopic (exact) mass is 337 g/mol. The Balaban J connectivity index is 2.84. The minimum atomic E-state index is -4.63. The number of alkyl halides is 3. The number of isocyanates is 1. The largest absolute Gasteiger partial charge is 0.481 e. The molecule has 2 aromatic rings. The molecule has 0 saturated heterocycles. The van der Waals surface area contributed by atoms with E-state index in [9.17, 15) is 18.0 Å². The van der Waals surface area contributed by atoms with Gasteiger partial charge in [0.05, 0.1) is 12.8 Å². The Morgan fingerprint density at radius 2 is 2.00 bits per heavy atom. The molecule has 0 radical (unpaired) electrons. The number of ether oxygens (including phenoxy) is 1. The zero-order valence-electron chi connectivity index (χ0n) is 13.2. The zero-order chi connectivity index (χ0) is 17.9. The summed E-state index contributed by atoms with van der Waals surface area (Å²) in [6.45, 7) is 3.34. The lowest BCUT2D eigenvalue weighted by Gasteiger charge is -2.16. The van der Waals surface area contributed by atoms with Crippen molar-refractivity contribution in [2.75, 3.05) is 7.11 Å². The predicted octanol–water partition coefficient (Wildman–Crippen LogP) is 4.26. The number of pyridine rings is 2. The molecule has 2 rings (SSSR count). The van der Waals surface area contributed by atoms with Gasteiger partial charge in [0.1, 0.15) is 11.4 Å². The number of carbonyl (C=O) groups excluding carboxylic acids is 1. The lowest BCUT2D eigenvalue weighted by molar-refractivity contribution is -0.141. The molecule has 0 aliphatic rings. The molecule has 0 atom stereocenters. The molecular formula is C16H14F3N3O2. The summed E-state index contributed by atoms with van der Waals surface area (Å²) in [6.07, 6.45) is -1.85. The molecule has 2 aromatic heterocycles. The van der Waals surface area contributed by atoms with Crippen LogP contribution in [-0.2, 0) is 11.0 Å². The van der Waals surface area contributed by atoms with Crippen LogP contribution in [0, 0.1) is 0 Å². The number of aliphatic imine (C=N–C) groups is 1. The standard InChI is InChI=1S/C16H14F3N3O2/c1-9(2)14-15(21-8-23)11(7-12(22-14)16(17,18)19)10-4-5-20-13(6-10)24-3/h4-7,9H,1-3H3. The molecule has 0 aromatic carbocycles. The lowest BCUT2D eigenvalue weighted by atomic mass is 9.98. The lowest BCUT2D eigenvalue weighted by Crippen LogP contribution is -2.11.